The molecule has 0 fully saturated rings. The summed E-state index contributed by atoms with van der Waals surface area (Å²) in [6.45, 7) is 6.38. The van der Waals surface area contributed by atoms with E-state index in [0.717, 1.165) is 22.4 Å². The predicted molar refractivity (Wildman–Crippen MR) is 119 cm³/mol. The lowest BCUT2D eigenvalue weighted by Gasteiger charge is -2.13. The minimum absolute atomic E-state index is 0.354. The first-order chi connectivity index (χ1) is 14.0. The van der Waals surface area contributed by atoms with Crippen LogP contribution >= 0.6 is 0 Å². The number of esters is 1. The van der Waals surface area contributed by atoms with Crippen molar-refractivity contribution in [2.45, 2.75) is 20.8 Å². The van der Waals surface area contributed by atoms with E-state index in [9.17, 15) is 4.79 Å². The standard InChI is InChI=1S/C26H26O3/c1-5-29-26(27)14-10-22-17-23(28-4)11-13-25(22)21-9-12-24(19(3)16-21)20-8-6-7-18(2)15-20/h6-17H,5H2,1-4H3/b14-10+. The fourth-order valence-electron chi connectivity index (χ4n) is 3.38. The summed E-state index contributed by atoms with van der Waals surface area (Å²) < 4.78 is 10.4. The number of hydrogen-bond donors (Lipinski definition) is 0. The quantitative estimate of drug-likeness (QED) is 0.372. The highest BCUT2D eigenvalue weighted by molar-refractivity contribution is 5.89. The molecule has 0 atom stereocenters. The summed E-state index contributed by atoms with van der Waals surface area (Å²) in [6.07, 6.45) is 3.23. The van der Waals surface area contributed by atoms with Crippen molar-refractivity contribution in [3.8, 4) is 28.0 Å². The SMILES string of the molecule is CCOC(=O)/C=C/c1cc(OC)ccc1-c1ccc(-c2cccc(C)c2)c(C)c1. The summed E-state index contributed by atoms with van der Waals surface area (Å²) in [6, 6.07) is 20.9. The van der Waals surface area contributed by atoms with Crippen molar-refractivity contribution in [3.63, 3.8) is 0 Å². The molecule has 0 radical (unpaired) electrons. The number of hydrogen-bond acceptors (Lipinski definition) is 3. The van der Waals surface area contributed by atoms with Crippen molar-refractivity contribution in [1.82, 2.24) is 0 Å². The van der Waals surface area contributed by atoms with E-state index in [-0.39, 0.29) is 5.97 Å². The first kappa shape index (κ1) is 20.4. The van der Waals surface area contributed by atoms with Gasteiger partial charge in [0.05, 0.1) is 13.7 Å². The molecule has 3 aromatic rings. The van der Waals surface area contributed by atoms with Crippen molar-refractivity contribution < 1.29 is 14.3 Å². The molecular weight excluding hydrogens is 360 g/mol. The molecule has 3 nitrogen and oxygen atoms in total. The van der Waals surface area contributed by atoms with Gasteiger partial charge in [-0.15, -0.1) is 0 Å². The highest BCUT2D eigenvalue weighted by atomic mass is 16.5. The van der Waals surface area contributed by atoms with Crippen LogP contribution in [-0.2, 0) is 9.53 Å². The molecule has 0 spiro atoms. The van der Waals surface area contributed by atoms with Gasteiger partial charge in [0.25, 0.3) is 0 Å². The Balaban J connectivity index is 2.01. The van der Waals surface area contributed by atoms with Crippen LogP contribution in [0.15, 0.2) is 66.7 Å². The van der Waals surface area contributed by atoms with Gasteiger partial charge in [-0.2, -0.15) is 0 Å². The Bertz CT molecular complexity index is 1050. The molecule has 29 heavy (non-hydrogen) atoms. The zero-order valence-corrected chi connectivity index (χ0v) is 17.4. The lowest BCUT2D eigenvalue weighted by Crippen LogP contribution is -1.99. The van der Waals surface area contributed by atoms with Gasteiger partial charge >= 0.3 is 5.97 Å². The van der Waals surface area contributed by atoms with E-state index in [2.05, 4.69) is 56.3 Å². The van der Waals surface area contributed by atoms with Gasteiger partial charge in [-0.3, -0.25) is 0 Å². The molecule has 0 unspecified atom stereocenters. The maximum absolute atomic E-state index is 11.8. The smallest absolute Gasteiger partial charge is 0.330 e. The van der Waals surface area contributed by atoms with Gasteiger partial charge in [-0.25, -0.2) is 4.79 Å². The number of benzene rings is 3. The van der Waals surface area contributed by atoms with Crippen LogP contribution in [0.5, 0.6) is 5.75 Å². The third-order valence-corrected chi connectivity index (χ3v) is 4.81. The summed E-state index contributed by atoms with van der Waals surface area (Å²) in [4.78, 5) is 11.8. The zero-order valence-electron chi connectivity index (χ0n) is 17.4. The maximum Gasteiger partial charge on any atom is 0.330 e. The number of carbonyl (C=O) groups excluding carboxylic acids is 1. The summed E-state index contributed by atoms with van der Waals surface area (Å²) >= 11 is 0. The van der Waals surface area contributed by atoms with Crippen LogP contribution in [0.2, 0.25) is 0 Å². The fourth-order valence-corrected chi connectivity index (χ4v) is 3.38. The van der Waals surface area contributed by atoms with Crippen LogP contribution in [0, 0.1) is 13.8 Å². The summed E-state index contributed by atoms with van der Waals surface area (Å²) in [7, 11) is 1.63. The van der Waals surface area contributed by atoms with Crippen LogP contribution in [-0.4, -0.2) is 19.7 Å². The van der Waals surface area contributed by atoms with Crippen molar-refractivity contribution in [1.29, 1.82) is 0 Å². The Hall–Kier alpha value is -3.33. The molecule has 0 aromatic heterocycles. The van der Waals surface area contributed by atoms with E-state index >= 15 is 0 Å². The fraction of sp³-hybridized carbons (Fsp3) is 0.192. The Kier molecular flexibility index (Phi) is 6.50. The number of aryl methyl sites for hydroxylation is 2. The van der Waals surface area contributed by atoms with Gasteiger partial charge in [0.2, 0.25) is 0 Å². The minimum atomic E-state index is -0.354. The van der Waals surface area contributed by atoms with Gasteiger partial charge < -0.3 is 9.47 Å². The van der Waals surface area contributed by atoms with Crippen LogP contribution in [0.3, 0.4) is 0 Å². The second kappa shape index (κ2) is 9.24. The molecule has 0 saturated heterocycles. The number of methoxy groups -OCH3 is 1. The zero-order chi connectivity index (χ0) is 20.8. The molecule has 0 aliphatic heterocycles. The largest absolute Gasteiger partial charge is 0.497 e. The van der Waals surface area contributed by atoms with E-state index in [1.165, 1.54) is 28.3 Å². The van der Waals surface area contributed by atoms with E-state index in [1.54, 1.807) is 20.1 Å². The Morgan fingerprint density at radius 2 is 1.69 bits per heavy atom. The van der Waals surface area contributed by atoms with Gasteiger partial charge in [-0.1, -0.05) is 54.1 Å². The second-order valence-corrected chi connectivity index (χ2v) is 6.94. The van der Waals surface area contributed by atoms with Gasteiger partial charge in [0.1, 0.15) is 5.75 Å². The van der Waals surface area contributed by atoms with E-state index in [0.29, 0.717) is 6.61 Å². The molecule has 3 rings (SSSR count). The number of ether oxygens (including phenoxy) is 2. The first-order valence-corrected chi connectivity index (χ1v) is 9.72. The van der Waals surface area contributed by atoms with Gasteiger partial charge in [0, 0.05) is 6.08 Å². The third-order valence-electron chi connectivity index (χ3n) is 4.81. The predicted octanol–water partition coefficient (Wildman–Crippen LogP) is 6.22. The number of carbonyl (C=O) groups is 1. The lowest BCUT2D eigenvalue weighted by molar-refractivity contribution is -0.137. The molecule has 3 heteroatoms. The Labute approximate surface area is 172 Å². The summed E-state index contributed by atoms with van der Waals surface area (Å²) in [5.41, 5.74) is 7.90. The monoisotopic (exact) mass is 386 g/mol. The van der Waals surface area contributed by atoms with Gasteiger partial charge in [-0.05, 0) is 72.4 Å². The van der Waals surface area contributed by atoms with Crippen molar-refractivity contribution >= 4 is 12.0 Å². The van der Waals surface area contributed by atoms with Gasteiger partial charge in [0.15, 0.2) is 0 Å². The summed E-state index contributed by atoms with van der Waals surface area (Å²) in [5.74, 6) is 0.387. The molecule has 0 amide bonds. The molecule has 148 valence electrons. The normalized spacial score (nSPS) is 10.9. The average molecular weight is 386 g/mol. The van der Waals surface area contributed by atoms with E-state index in [1.807, 2.05) is 18.2 Å². The second-order valence-electron chi connectivity index (χ2n) is 6.94. The minimum Gasteiger partial charge on any atom is -0.497 e. The lowest BCUT2D eigenvalue weighted by atomic mass is 9.93. The molecule has 0 aliphatic carbocycles. The molecule has 0 saturated carbocycles. The van der Waals surface area contributed by atoms with Crippen LogP contribution in [0.4, 0.5) is 0 Å². The molecule has 3 aromatic carbocycles. The van der Waals surface area contributed by atoms with Crippen LogP contribution in [0.25, 0.3) is 28.3 Å². The van der Waals surface area contributed by atoms with Crippen molar-refractivity contribution in [2.75, 3.05) is 13.7 Å². The average Bonchev–Trinajstić information content (AvgIpc) is 2.72. The highest BCUT2D eigenvalue weighted by Gasteiger charge is 2.09. The van der Waals surface area contributed by atoms with E-state index < -0.39 is 0 Å². The van der Waals surface area contributed by atoms with Crippen molar-refractivity contribution in [2.24, 2.45) is 0 Å². The Morgan fingerprint density at radius 1 is 0.931 bits per heavy atom. The van der Waals surface area contributed by atoms with Crippen molar-refractivity contribution in [3.05, 3.63) is 83.4 Å². The number of rotatable bonds is 6. The topological polar surface area (TPSA) is 35.5 Å². The maximum atomic E-state index is 11.8. The molecule has 0 bridgehead atoms. The molecule has 0 aliphatic rings. The molecule has 0 N–H and O–H groups in total. The highest BCUT2D eigenvalue weighted by Crippen LogP contribution is 2.32. The molecule has 0 heterocycles. The third kappa shape index (κ3) is 4.94. The van der Waals surface area contributed by atoms with Crippen LogP contribution < -0.4 is 4.74 Å². The molecular formula is C26H26O3. The van der Waals surface area contributed by atoms with Crippen LogP contribution in [0.1, 0.15) is 23.6 Å². The first-order valence-electron chi connectivity index (χ1n) is 9.72. The Morgan fingerprint density at radius 3 is 2.38 bits per heavy atom. The van der Waals surface area contributed by atoms with E-state index in [4.69, 9.17) is 9.47 Å². The summed E-state index contributed by atoms with van der Waals surface area (Å²) in [5, 5.41) is 0.